The number of amides is 2. The van der Waals surface area contributed by atoms with E-state index in [2.05, 4.69) is 15.3 Å². The highest BCUT2D eigenvalue weighted by Gasteiger charge is 2.52. The predicted octanol–water partition coefficient (Wildman–Crippen LogP) is 2.29. The Morgan fingerprint density at radius 2 is 2.16 bits per heavy atom. The summed E-state index contributed by atoms with van der Waals surface area (Å²) in [7, 11) is 0. The van der Waals surface area contributed by atoms with E-state index in [0.717, 1.165) is 0 Å². The van der Waals surface area contributed by atoms with Crippen LogP contribution in [0.3, 0.4) is 0 Å². The van der Waals surface area contributed by atoms with Crippen molar-refractivity contribution in [2.45, 2.75) is 45.3 Å². The third kappa shape index (κ3) is 3.10. The van der Waals surface area contributed by atoms with Crippen molar-refractivity contribution in [1.29, 1.82) is 0 Å². The summed E-state index contributed by atoms with van der Waals surface area (Å²) in [5, 5.41) is 2.96. The highest BCUT2D eigenvalue weighted by atomic mass is 35.5. The summed E-state index contributed by atoms with van der Waals surface area (Å²) in [6, 6.07) is 0. The number of anilines is 2. The molecule has 1 aromatic rings. The Morgan fingerprint density at radius 3 is 2.80 bits per heavy atom. The number of piperazine rings is 1. The number of halogens is 1. The van der Waals surface area contributed by atoms with Gasteiger partial charge in [0.25, 0.3) is 5.91 Å². The van der Waals surface area contributed by atoms with Gasteiger partial charge >= 0.3 is 6.09 Å². The van der Waals surface area contributed by atoms with E-state index in [1.54, 1.807) is 4.90 Å². The fourth-order valence-electron chi connectivity index (χ4n) is 3.25. The fraction of sp³-hybridized carbons (Fsp3) is 0.625. The number of fused-ring (bicyclic) bond motifs is 3. The Kier molecular flexibility index (Phi) is 4.26. The first-order valence-corrected chi connectivity index (χ1v) is 8.63. The molecule has 136 valence electrons. The molecule has 0 aliphatic carbocycles. The van der Waals surface area contributed by atoms with Crippen molar-refractivity contribution in [2.75, 3.05) is 29.9 Å². The molecule has 1 N–H and O–H groups in total. The van der Waals surface area contributed by atoms with Crippen molar-refractivity contribution < 1.29 is 14.3 Å². The van der Waals surface area contributed by atoms with Gasteiger partial charge in [-0.3, -0.25) is 4.79 Å². The Bertz CT molecular complexity index is 720. The van der Waals surface area contributed by atoms with Crippen molar-refractivity contribution in [3.05, 3.63) is 11.5 Å². The van der Waals surface area contributed by atoms with Crippen LogP contribution in [0, 0.1) is 0 Å². The van der Waals surface area contributed by atoms with E-state index >= 15 is 0 Å². The summed E-state index contributed by atoms with van der Waals surface area (Å²) < 4.78 is 5.46. The summed E-state index contributed by atoms with van der Waals surface area (Å²) in [4.78, 5) is 37.0. The Hall–Kier alpha value is -2.09. The number of hydrogen-bond acceptors (Lipinski definition) is 6. The lowest BCUT2D eigenvalue weighted by Crippen LogP contribution is -2.70. The van der Waals surface area contributed by atoms with Crippen LogP contribution in [0.2, 0.25) is 5.28 Å². The van der Waals surface area contributed by atoms with Gasteiger partial charge in [-0.05, 0) is 38.8 Å². The molecule has 1 unspecified atom stereocenters. The maximum atomic E-state index is 12.9. The number of carbonyl (C=O) groups is 2. The third-order valence-corrected chi connectivity index (χ3v) is 4.65. The second-order valence-electron chi connectivity index (χ2n) is 7.27. The summed E-state index contributed by atoms with van der Waals surface area (Å²) >= 11 is 5.94. The van der Waals surface area contributed by atoms with E-state index in [9.17, 15) is 9.59 Å². The number of nitrogens with zero attached hydrogens (tertiary/aromatic N) is 4. The minimum atomic E-state index is -0.903. The molecule has 1 aromatic heterocycles. The van der Waals surface area contributed by atoms with Crippen LogP contribution in [0.4, 0.5) is 16.3 Å². The van der Waals surface area contributed by atoms with Gasteiger partial charge in [-0.25, -0.2) is 9.78 Å². The van der Waals surface area contributed by atoms with Crippen molar-refractivity contribution in [1.82, 2.24) is 14.9 Å². The zero-order valence-corrected chi connectivity index (χ0v) is 15.6. The first-order valence-electron chi connectivity index (χ1n) is 8.26. The molecule has 2 aliphatic rings. The highest BCUT2D eigenvalue weighted by Crippen LogP contribution is 2.39. The zero-order valence-electron chi connectivity index (χ0n) is 14.8. The molecular weight excluding hydrogens is 346 g/mol. The van der Waals surface area contributed by atoms with Gasteiger partial charge in [0.05, 0.1) is 12.7 Å². The number of hydrogen-bond donors (Lipinski definition) is 1. The summed E-state index contributed by atoms with van der Waals surface area (Å²) in [6.45, 7) is 8.49. The van der Waals surface area contributed by atoms with Gasteiger partial charge in [-0.2, -0.15) is 4.98 Å². The second kappa shape index (κ2) is 6.01. The predicted molar refractivity (Wildman–Crippen MR) is 93.8 cm³/mol. The van der Waals surface area contributed by atoms with Gasteiger partial charge in [0.1, 0.15) is 16.8 Å². The lowest BCUT2D eigenvalue weighted by Gasteiger charge is -2.52. The first kappa shape index (κ1) is 17.7. The number of ether oxygens (including phenoxy) is 1. The largest absolute Gasteiger partial charge is 0.444 e. The topological polar surface area (TPSA) is 87.7 Å². The molecule has 0 radical (unpaired) electrons. The molecule has 25 heavy (non-hydrogen) atoms. The second-order valence-corrected chi connectivity index (χ2v) is 7.61. The van der Waals surface area contributed by atoms with Crippen LogP contribution in [-0.4, -0.2) is 57.6 Å². The van der Waals surface area contributed by atoms with E-state index in [1.165, 1.54) is 6.20 Å². The van der Waals surface area contributed by atoms with Crippen molar-refractivity contribution >= 4 is 35.1 Å². The van der Waals surface area contributed by atoms with Gasteiger partial charge in [0.15, 0.2) is 5.82 Å². The van der Waals surface area contributed by atoms with Gasteiger partial charge in [0.2, 0.25) is 5.28 Å². The molecule has 1 atom stereocenters. The molecule has 3 rings (SSSR count). The van der Waals surface area contributed by atoms with Gasteiger partial charge < -0.3 is 19.9 Å². The minimum Gasteiger partial charge on any atom is -0.444 e. The Morgan fingerprint density at radius 1 is 1.44 bits per heavy atom. The van der Waals surface area contributed by atoms with Crippen LogP contribution in [0.15, 0.2) is 6.20 Å². The molecule has 2 aliphatic heterocycles. The van der Waals surface area contributed by atoms with Crippen LogP contribution < -0.4 is 10.2 Å². The molecule has 0 bridgehead atoms. The van der Waals surface area contributed by atoms with Gasteiger partial charge in [-0.15, -0.1) is 0 Å². The molecular formula is C16H22ClN5O3. The molecule has 1 fully saturated rings. The van der Waals surface area contributed by atoms with Crippen molar-refractivity contribution in [2.24, 2.45) is 0 Å². The lowest BCUT2D eigenvalue weighted by molar-refractivity contribution is -0.123. The van der Waals surface area contributed by atoms with Crippen molar-refractivity contribution in [3.8, 4) is 0 Å². The van der Waals surface area contributed by atoms with Gasteiger partial charge in [-0.1, -0.05) is 6.92 Å². The van der Waals surface area contributed by atoms with E-state index < -0.39 is 17.2 Å². The maximum Gasteiger partial charge on any atom is 0.410 e. The van der Waals surface area contributed by atoms with E-state index in [0.29, 0.717) is 31.0 Å². The minimum absolute atomic E-state index is 0.120. The summed E-state index contributed by atoms with van der Waals surface area (Å²) in [6.07, 6.45) is 1.60. The number of rotatable bonds is 1. The van der Waals surface area contributed by atoms with Gasteiger partial charge in [0, 0.05) is 13.1 Å². The third-order valence-electron chi connectivity index (χ3n) is 4.46. The quantitative estimate of drug-likeness (QED) is 0.766. The molecule has 0 spiro atoms. The number of nitrogens with one attached hydrogen (secondary N) is 1. The number of carbonyl (C=O) groups excluding carboxylic acids is 2. The highest BCUT2D eigenvalue weighted by molar-refractivity contribution is 6.28. The molecule has 0 aromatic carbocycles. The first-order chi connectivity index (χ1) is 11.7. The Balaban J connectivity index is 1.93. The summed E-state index contributed by atoms with van der Waals surface area (Å²) in [5.41, 5.74) is -0.959. The molecule has 9 heteroatoms. The lowest BCUT2D eigenvalue weighted by atomic mass is 9.87. The average Bonchev–Trinajstić information content (AvgIpc) is 2.53. The monoisotopic (exact) mass is 367 g/mol. The molecule has 3 heterocycles. The van der Waals surface area contributed by atoms with Crippen LogP contribution in [0.1, 0.15) is 34.1 Å². The number of aromatic nitrogens is 2. The normalized spacial score (nSPS) is 22.8. The molecule has 2 amide bonds. The molecule has 0 saturated carbocycles. The standard InChI is InChI=1S/C16H22ClN5O3/c1-5-16-9-21(14(24)25-15(2,3)4)6-7-22(16)11-10(19-12(16)23)8-18-13(17)20-11/h8H,5-7,9H2,1-4H3,(H,19,23). The fourth-order valence-corrected chi connectivity index (χ4v) is 3.38. The van der Waals surface area contributed by atoms with Crippen LogP contribution in [-0.2, 0) is 9.53 Å². The van der Waals surface area contributed by atoms with Crippen LogP contribution in [0.25, 0.3) is 0 Å². The smallest absolute Gasteiger partial charge is 0.410 e. The van der Waals surface area contributed by atoms with Crippen molar-refractivity contribution in [3.63, 3.8) is 0 Å². The Labute approximate surface area is 151 Å². The molecule has 1 saturated heterocycles. The zero-order chi connectivity index (χ0) is 18.4. The van der Waals surface area contributed by atoms with E-state index in [4.69, 9.17) is 16.3 Å². The summed E-state index contributed by atoms with van der Waals surface area (Å²) in [5.74, 6) is 0.409. The maximum absolute atomic E-state index is 12.9. The average molecular weight is 368 g/mol. The van der Waals surface area contributed by atoms with Crippen LogP contribution >= 0.6 is 11.6 Å². The molecule has 8 nitrogen and oxygen atoms in total. The van der Waals surface area contributed by atoms with E-state index in [-0.39, 0.29) is 17.7 Å². The SMILES string of the molecule is CCC12CN(C(=O)OC(C)(C)C)CCN1c1nc(Cl)ncc1NC2=O. The van der Waals surface area contributed by atoms with Crippen LogP contribution in [0.5, 0.6) is 0 Å². The van der Waals surface area contributed by atoms with E-state index in [1.807, 2.05) is 32.6 Å².